The minimum absolute atomic E-state index is 0. The van der Waals surface area contributed by atoms with Gasteiger partial charge in [-0.3, -0.25) is 23.7 Å². The molecule has 0 spiro atoms. The SMILES string of the molecule is CC(Cl)Cl.CCC(=O)N1CCn2c(C3CC3)nc(-c3cccc4nc(-c5cnn(C)c5)ncc34)c2C1.CCC(=O)N1CCn2c(C3CC3)nc(I)c2C1.Cn1cc(-c2ncc3c(B4OC(C)(C)C(C)(C)O4)ccnc3n2)cn1.O=CO[O-].[H-].[K+].[K+]. The van der Waals surface area contributed by atoms with Crippen LogP contribution in [0.25, 0.3) is 56.0 Å². The molecule has 3 fully saturated rings. The monoisotopic (exact) mass is 1350 g/mol. The molecule has 0 bridgehead atoms. The van der Waals surface area contributed by atoms with E-state index in [1.807, 2.05) is 102 Å². The molecule has 2 aliphatic carbocycles. The molecule has 8 aromatic rings. The van der Waals surface area contributed by atoms with Gasteiger partial charge < -0.3 is 39.8 Å². The molecule has 10 heterocycles. The van der Waals surface area contributed by atoms with Crippen LogP contribution in [0, 0.1) is 3.70 Å². The maximum absolute atomic E-state index is 12.4. The van der Waals surface area contributed by atoms with Crippen molar-refractivity contribution in [3.8, 4) is 34.0 Å². The van der Waals surface area contributed by atoms with E-state index < -0.39 is 18.3 Å². The molecule has 0 N–H and O–H groups in total. The van der Waals surface area contributed by atoms with Gasteiger partial charge in [-0.2, -0.15) is 10.2 Å². The van der Waals surface area contributed by atoms with E-state index in [1.54, 1.807) is 41.1 Å². The molecule has 2 saturated carbocycles. The van der Waals surface area contributed by atoms with Gasteiger partial charge in [-0.15, -0.1) is 23.2 Å². The molecule has 0 atom stereocenters. The standard InChI is InChI=1S/C24H25N7O.C17H20BN5O2.C12H16IN3O.C2H4Cl2.CH2O3.2K.H/c1-3-21(32)30-9-10-31-20(14-30)22(28-24(31)15-7-8-15)17-5-4-6-19-18(17)12-25-23(27-19)16-11-26-29(2)13-16;1-16(2)17(3,4)25-18(24-16)13-6-7-19-15-12(13)9-20-14(22-15)11-8-21-23(5)10-11;1-2-10(17)15-5-6-16-9(7-15)11(13)14-12(16)8-3-4-8;1-2(3)4;2-1-4-3;;;/h4-6,11-13,15H,3,7-10,14H2,1-2H3;6-10H,1-5H3;8H,2-7H2,1H3;2H,1H3;1,3H;;;/q;;;;;2*+1;-1/p-1. The van der Waals surface area contributed by atoms with Crippen LogP contribution in [0.1, 0.15) is 123 Å². The number of pyridine rings is 1. The predicted octanol–water partition coefficient (Wildman–Crippen LogP) is 1.73. The summed E-state index contributed by atoms with van der Waals surface area (Å²) < 4.78 is 21.6. The minimum atomic E-state index is -0.469. The Morgan fingerprint density at radius 1 is 0.762 bits per heavy atom. The molecule has 0 radical (unpaired) electrons. The third-order valence-electron chi connectivity index (χ3n) is 15.1. The van der Waals surface area contributed by atoms with E-state index in [0.717, 1.165) is 86.3 Å². The number of alkyl halides is 2. The number of rotatable bonds is 9. The quantitative estimate of drug-likeness (QED) is 0.0499. The first-order valence-electron chi connectivity index (χ1n) is 27.4. The second kappa shape index (κ2) is 29.9. The van der Waals surface area contributed by atoms with Crippen molar-refractivity contribution < 1.29 is 138 Å². The Labute approximate surface area is 598 Å². The van der Waals surface area contributed by atoms with Crippen molar-refractivity contribution in [2.24, 2.45) is 14.1 Å². The van der Waals surface area contributed by atoms with Crippen LogP contribution >= 0.6 is 45.8 Å². The Morgan fingerprint density at radius 3 is 1.76 bits per heavy atom. The maximum Gasteiger partial charge on any atom is 1.00 e. The summed E-state index contributed by atoms with van der Waals surface area (Å²) in [4.78, 5) is 71.8. The molecule has 22 nitrogen and oxygen atoms in total. The van der Waals surface area contributed by atoms with Gasteiger partial charge in [0.05, 0.1) is 70.4 Å². The number of aryl methyl sites for hydroxylation is 2. The van der Waals surface area contributed by atoms with Crippen LogP contribution in [-0.4, -0.2) is 128 Å². The zero-order chi connectivity index (χ0) is 58.6. The summed E-state index contributed by atoms with van der Waals surface area (Å²) >= 11 is 12.4. The molecule has 84 heavy (non-hydrogen) atoms. The molecule has 434 valence electrons. The van der Waals surface area contributed by atoms with E-state index in [1.165, 1.54) is 43.0 Å². The first-order valence-corrected chi connectivity index (χ1v) is 29.3. The Hall–Kier alpha value is -3.17. The molecular formula is C56H67BCl2IK2N15O7. The molecule has 2 amide bonds. The zero-order valence-electron chi connectivity index (χ0n) is 50.4. The summed E-state index contributed by atoms with van der Waals surface area (Å²) in [5.41, 5.74) is 7.69. The van der Waals surface area contributed by atoms with Crippen molar-refractivity contribution in [2.75, 3.05) is 13.1 Å². The molecule has 1 aromatic carbocycles. The number of fused-ring (bicyclic) bond motifs is 4. The number of halogens is 3. The van der Waals surface area contributed by atoms with Crippen LogP contribution in [0.4, 0.5) is 0 Å². The fraction of sp³-hybridized carbons (Fsp3) is 0.464. The van der Waals surface area contributed by atoms with E-state index in [2.05, 4.69) is 77.8 Å². The largest absolute Gasteiger partial charge is 1.00 e. The van der Waals surface area contributed by atoms with E-state index >= 15 is 0 Å². The third kappa shape index (κ3) is 16.0. The average molecular weight is 1350 g/mol. The van der Waals surface area contributed by atoms with Crippen molar-refractivity contribution in [2.45, 2.75) is 141 Å². The fourth-order valence-corrected chi connectivity index (χ4v) is 10.6. The van der Waals surface area contributed by atoms with Gasteiger partial charge >= 0.3 is 110 Å². The summed E-state index contributed by atoms with van der Waals surface area (Å²) in [6.07, 6.45) is 18.8. The Balaban J connectivity index is 0.000000195. The van der Waals surface area contributed by atoms with Gasteiger partial charge in [-0.1, -0.05) is 26.0 Å². The summed E-state index contributed by atoms with van der Waals surface area (Å²) in [7, 11) is 3.27. The number of hydrogen-bond donors (Lipinski definition) is 0. The number of amides is 2. The van der Waals surface area contributed by atoms with E-state index in [4.69, 9.17) is 52.5 Å². The summed E-state index contributed by atoms with van der Waals surface area (Å²) in [5.74, 6) is 5.36. The third-order valence-corrected chi connectivity index (χ3v) is 16.0. The smallest absolute Gasteiger partial charge is 1.00 e. The van der Waals surface area contributed by atoms with Crippen molar-refractivity contribution in [3.63, 3.8) is 0 Å². The topological polar surface area (TPSA) is 244 Å². The van der Waals surface area contributed by atoms with Crippen LogP contribution in [0.5, 0.6) is 0 Å². The van der Waals surface area contributed by atoms with Gasteiger partial charge in [0.2, 0.25) is 11.8 Å². The van der Waals surface area contributed by atoms with Crippen molar-refractivity contribution in [1.82, 2.24) is 73.4 Å². The minimum Gasteiger partial charge on any atom is -1.00 e. The molecule has 13 rings (SSSR count). The van der Waals surface area contributed by atoms with Gasteiger partial charge in [0.15, 0.2) is 17.3 Å². The van der Waals surface area contributed by atoms with Gasteiger partial charge in [-0.05, 0) is 100 Å². The first-order chi connectivity index (χ1) is 39.2. The second-order valence-electron chi connectivity index (χ2n) is 21.5. The van der Waals surface area contributed by atoms with Gasteiger partial charge in [0.1, 0.15) is 20.2 Å². The molecule has 5 aliphatic rings. The Kier molecular flexibility index (Phi) is 24.3. The van der Waals surface area contributed by atoms with Crippen molar-refractivity contribution in [1.29, 1.82) is 0 Å². The van der Waals surface area contributed by atoms with E-state index in [-0.39, 0.29) is 127 Å². The van der Waals surface area contributed by atoms with E-state index in [0.29, 0.717) is 48.5 Å². The first kappa shape index (κ1) is 68.3. The Morgan fingerprint density at radius 2 is 1.26 bits per heavy atom. The van der Waals surface area contributed by atoms with Crippen LogP contribution in [0.15, 0.2) is 67.6 Å². The fourth-order valence-electron chi connectivity index (χ4n) is 9.89. The molecule has 0 unspecified atom stereocenters. The molecule has 3 aliphatic heterocycles. The van der Waals surface area contributed by atoms with Crippen molar-refractivity contribution in [3.05, 3.63) is 94.4 Å². The van der Waals surface area contributed by atoms with Crippen LogP contribution in [-0.2, 0) is 68.9 Å². The molecular weight excluding hydrogens is 1280 g/mol. The molecule has 1 saturated heterocycles. The van der Waals surface area contributed by atoms with Gasteiger partial charge in [-0.25, -0.2) is 34.9 Å². The summed E-state index contributed by atoms with van der Waals surface area (Å²) in [6, 6.07) is 8.03. The van der Waals surface area contributed by atoms with E-state index in [9.17, 15) is 9.59 Å². The number of hydrogen-bond acceptors (Lipinski definition) is 16. The number of carbonyl (C=O) groups excluding carboxylic acids is 3. The molecule has 28 heteroatoms. The predicted molar refractivity (Wildman–Crippen MR) is 318 cm³/mol. The normalized spacial score (nSPS) is 16.2. The van der Waals surface area contributed by atoms with Crippen molar-refractivity contribution >= 4 is 98.6 Å². The Bertz CT molecular complexity index is 3600. The second-order valence-corrected chi connectivity index (χ2v) is 24.1. The van der Waals surface area contributed by atoms with Gasteiger partial charge in [0, 0.05) is 112 Å². The number of aromatic nitrogens is 13. The number of benzene rings is 1. The number of nitrogens with zero attached hydrogens (tertiary/aromatic N) is 15. The number of carbonyl (C=O) groups is 3. The van der Waals surface area contributed by atoms with Crippen LogP contribution < -0.4 is 113 Å². The van der Waals surface area contributed by atoms with Crippen LogP contribution in [0.3, 0.4) is 0 Å². The number of imidazole rings is 2. The van der Waals surface area contributed by atoms with Crippen LogP contribution in [0.2, 0.25) is 0 Å². The zero-order valence-corrected chi connectivity index (χ0v) is 59.3. The maximum atomic E-state index is 12.4. The summed E-state index contributed by atoms with van der Waals surface area (Å²) in [5, 5.41) is 18.6. The molecule has 7 aromatic heterocycles. The average Bonchev–Trinajstić information content (AvgIpc) is 2.38. The van der Waals surface area contributed by atoms with Gasteiger partial charge in [0.25, 0.3) is 6.47 Å². The summed E-state index contributed by atoms with van der Waals surface area (Å²) in [6.45, 7) is 18.2.